The van der Waals surface area contributed by atoms with Gasteiger partial charge in [0.25, 0.3) is 0 Å². The van der Waals surface area contributed by atoms with Crippen LogP contribution in [0.5, 0.6) is 0 Å². The Balaban J connectivity index is 2.63. The first-order valence-corrected chi connectivity index (χ1v) is 4.24. The maximum absolute atomic E-state index is 11.1. The summed E-state index contributed by atoms with van der Waals surface area (Å²) in [4.78, 5) is 22.0. The van der Waals surface area contributed by atoms with Crippen LogP contribution in [0, 0.1) is 6.92 Å². The SMILES string of the molecule is Cc1cc2c(c(C(=O)O)c1)NC(=O)C2. The summed E-state index contributed by atoms with van der Waals surface area (Å²) in [6.45, 7) is 1.81. The second-order valence-corrected chi connectivity index (χ2v) is 3.38. The molecule has 0 aromatic heterocycles. The fourth-order valence-corrected chi connectivity index (χ4v) is 1.67. The fourth-order valence-electron chi connectivity index (χ4n) is 1.67. The van der Waals surface area contributed by atoms with Gasteiger partial charge < -0.3 is 10.4 Å². The van der Waals surface area contributed by atoms with Crippen LogP contribution in [0.2, 0.25) is 0 Å². The summed E-state index contributed by atoms with van der Waals surface area (Å²) in [6.07, 6.45) is 0.275. The minimum absolute atomic E-state index is 0.145. The second-order valence-electron chi connectivity index (χ2n) is 3.38. The van der Waals surface area contributed by atoms with Crippen molar-refractivity contribution in [3.05, 3.63) is 28.8 Å². The Kier molecular flexibility index (Phi) is 1.77. The molecule has 1 amide bonds. The molecule has 1 aromatic rings. The van der Waals surface area contributed by atoms with Crippen molar-refractivity contribution in [2.45, 2.75) is 13.3 Å². The highest BCUT2D eigenvalue weighted by Crippen LogP contribution is 2.28. The smallest absolute Gasteiger partial charge is 0.337 e. The third kappa shape index (κ3) is 1.25. The first kappa shape index (κ1) is 8.74. The molecule has 4 heteroatoms. The summed E-state index contributed by atoms with van der Waals surface area (Å²) < 4.78 is 0. The molecule has 0 radical (unpaired) electrons. The number of benzene rings is 1. The molecular weight excluding hydrogens is 182 g/mol. The molecule has 1 aromatic carbocycles. The third-order valence-electron chi connectivity index (χ3n) is 2.21. The summed E-state index contributed by atoms with van der Waals surface area (Å²) >= 11 is 0. The molecule has 0 saturated heterocycles. The van der Waals surface area contributed by atoms with Crippen molar-refractivity contribution in [2.75, 3.05) is 5.32 Å². The van der Waals surface area contributed by atoms with Crippen LogP contribution in [0.25, 0.3) is 0 Å². The normalized spacial score (nSPS) is 13.6. The maximum atomic E-state index is 11.1. The van der Waals surface area contributed by atoms with Gasteiger partial charge in [0, 0.05) is 0 Å². The number of rotatable bonds is 1. The Morgan fingerprint density at radius 1 is 1.50 bits per heavy atom. The molecule has 0 aliphatic carbocycles. The molecule has 2 rings (SSSR count). The minimum atomic E-state index is -1.01. The number of carbonyl (C=O) groups excluding carboxylic acids is 1. The average Bonchev–Trinajstić information content (AvgIpc) is 2.42. The van der Waals surface area contributed by atoms with Gasteiger partial charge in [-0.15, -0.1) is 0 Å². The van der Waals surface area contributed by atoms with Gasteiger partial charge in [0.15, 0.2) is 0 Å². The van der Waals surface area contributed by atoms with E-state index in [9.17, 15) is 9.59 Å². The van der Waals surface area contributed by atoms with Gasteiger partial charge in [-0.3, -0.25) is 4.79 Å². The van der Waals surface area contributed by atoms with Crippen LogP contribution in [0.15, 0.2) is 12.1 Å². The summed E-state index contributed by atoms with van der Waals surface area (Å²) in [6, 6.07) is 3.40. The van der Waals surface area contributed by atoms with Crippen LogP contribution in [0.4, 0.5) is 5.69 Å². The molecule has 4 nitrogen and oxygen atoms in total. The quantitative estimate of drug-likeness (QED) is 0.700. The van der Waals surface area contributed by atoms with Crippen molar-refractivity contribution in [1.29, 1.82) is 0 Å². The monoisotopic (exact) mass is 191 g/mol. The Morgan fingerprint density at radius 3 is 2.86 bits per heavy atom. The maximum Gasteiger partial charge on any atom is 0.337 e. The highest BCUT2D eigenvalue weighted by molar-refractivity contribution is 6.06. The van der Waals surface area contributed by atoms with Crippen LogP contribution >= 0.6 is 0 Å². The lowest BCUT2D eigenvalue weighted by Gasteiger charge is -2.04. The lowest BCUT2D eigenvalue weighted by atomic mass is 10.0. The Morgan fingerprint density at radius 2 is 2.21 bits per heavy atom. The molecule has 1 heterocycles. The van der Waals surface area contributed by atoms with E-state index in [1.807, 2.05) is 13.0 Å². The summed E-state index contributed by atoms with van der Waals surface area (Å²) in [5.74, 6) is -1.15. The number of hydrogen-bond donors (Lipinski definition) is 2. The zero-order valence-electron chi connectivity index (χ0n) is 7.63. The van der Waals surface area contributed by atoms with Crippen LogP contribution < -0.4 is 5.32 Å². The van der Waals surface area contributed by atoms with Crippen molar-refractivity contribution in [1.82, 2.24) is 0 Å². The van der Waals surface area contributed by atoms with E-state index in [4.69, 9.17) is 5.11 Å². The average molecular weight is 191 g/mol. The highest BCUT2D eigenvalue weighted by atomic mass is 16.4. The van der Waals surface area contributed by atoms with Crippen LogP contribution in [-0.4, -0.2) is 17.0 Å². The first-order chi connectivity index (χ1) is 6.58. The second kappa shape index (κ2) is 2.83. The van der Waals surface area contributed by atoms with Crippen molar-refractivity contribution in [3.63, 3.8) is 0 Å². The van der Waals surface area contributed by atoms with Gasteiger partial charge in [-0.1, -0.05) is 6.07 Å². The first-order valence-electron chi connectivity index (χ1n) is 4.24. The van der Waals surface area contributed by atoms with E-state index in [0.29, 0.717) is 5.69 Å². The molecule has 72 valence electrons. The molecular formula is C10H9NO3. The molecule has 14 heavy (non-hydrogen) atoms. The minimum Gasteiger partial charge on any atom is -0.478 e. The fraction of sp³-hybridized carbons (Fsp3) is 0.200. The van der Waals surface area contributed by atoms with Crippen molar-refractivity contribution in [3.8, 4) is 0 Å². The molecule has 0 atom stereocenters. The number of hydrogen-bond acceptors (Lipinski definition) is 2. The molecule has 0 bridgehead atoms. The number of aromatic carboxylic acids is 1. The van der Waals surface area contributed by atoms with Gasteiger partial charge in [0.05, 0.1) is 17.7 Å². The molecule has 1 aliphatic rings. The molecule has 0 unspecified atom stereocenters. The molecule has 1 aliphatic heterocycles. The van der Waals surface area contributed by atoms with E-state index in [1.165, 1.54) is 0 Å². The van der Waals surface area contributed by atoms with E-state index in [0.717, 1.165) is 11.1 Å². The van der Waals surface area contributed by atoms with Gasteiger partial charge >= 0.3 is 5.97 Å². The van der Waals surface area contributed by atoms with E-state index in [2.05, 4.69) is 5.32 Å². The number of carbonyl (C=O) groups is 2. The van der Waals surface area contributed by atoms with E-state index >= 15 is 0 Å². The zero-order chi connectivity index (χ0) is 10.3. The summed E-state index contributed by atoms with van der Waals surface area (Å²) in [5.41, 5.74) is 2.25. The number of aryl methyl sites for hydroxylation is 1. The van der Waals surface area contributed by atoms with Gasteiger partial charge in [0.2, 0.25) is 5.91 Å². The van der Waals surface area contributed by atoms with Crippen LogP contribution in [-0.2, 0) is 11.2 Å². The number of nitrogens with one attached hydrogen (secondary N) is 1. The number of carboxylic acid groups (broad SMARTS) is 1. The lowest BCUT2D eigenvalue weighted by molar-refractivity contribution is -0.115. The molecule has 0 fully saturated rings. The number of fused-ring (bicyclic) bond motifs is 1. The van der Waals surface area contributed by atoms with Gasteiger partial charge in [-0.2, -0.15) is 0 Å². The van der Waals surface area contributed by atoms with Crippen molar-refractivity contribution < 1.29 is 14.7 Å². The number of amides is 1. The Hall–Kier alpha value is -1.84. The standard InChI is InChI=1S/C10H9NO3/c1-5-2-6-4-8(12)11-9(6)7(3-5)10(13)14/h2-3H,4H2,1H3,(H,11,12)(H,13,14). The number of carboxylic acids is 1. The largest absolute Gasteiger partial charge is 0.478 e. The highest BCUT2D eigenvalue weighted by Gasteiger charge is 2.23. The topological polar surface area (TPSA) is 66.4 Å². The van der Waals surface area contributed by atoms with Crippen LogP contribution in [0.3, 0.4) is 0 Å². The van der Waals surface area contributed by atoms with Crippen molar-refractivity contribution in [2.24, 2.45) is 0 Å². The van der Waals surface area contributed by atoms with Gasteiger partial charge in [0.1, 0.15) is 0 Å². The van der Waals surface area contributed by atoms with Crippen LogP contribution in [0.1, 0.15) is 21.5 Å². The predicted molar refractivity (Wildman–Crippen MR) is 50.5 cm³/mol. The predicted octanol–water partition coefficient (Wildman–Crippen LogP) is 1.19. The molecule has 0 spiro atoms. The van der Waals surface area contributed by atoms with E-state index < -0.39 is 5.97 Å². The van der Waals surface area contributed by atoms with Gasteiger partial charge in [-0.05, 0) is 24.1 Å². The third-order valence-corrected chi connectivity index (χ3v) is 2.21. The van der Waals surface area contributed by atoms with Gasteiger partial charge in [-0.25, -0.2) is 4.79 Å². The summed E-state index contributed by atoms with van der Waals surface area (Å²) in [5, 5.41) is 11.5. The zero-order valence-corrected chi connectivity index (χ0v) is 7.63. The molecule has 0 saturated carbocycles. The Bertz CT molecular complexity index is 437. The van der Waals surface area contributed by atoms with E-state index in [1.54, 1.807) is 6.07 Å². The van der Waals surface area contributed by atoms with E-state index in [-0.39, 0.29) is 17.9 Å². The lowest BCUT2D eigenvalue weighted by Crippen LogP contribution is -2.07. The summed E-state index contributed by atoms with van der Waals surface area (Å²) in [7, 11) is 0. The van der Waals surface area contributed by atoms with Crippen molar-refractivity contribution >= 4 is 17.6 Å². The molecule has 2 N–H and O–H groups in total. The Labute approximate surface area is 80.6 Å². The number of anilines is 1.